The molecule has 3 unspecified atom stereocenters. The first kappa shape index (κ1) is 13.6. The number of benzene rings is 1. The van der Waals surface area contributed by atoms with Crippen molar-refractivity contribution in [3.05, 3.63) is 54.2 Å². The predicted molar refractivity (Wildman–Crippen MR) is 84.9 cm³/mol. The Morgan fingerprint density at radius 3 is 2.50 bits per heavy atom. The lowest BCUT2D eigenvalue weighted by atomic mass is 9.96. The van der Waals surface area contributed by atoms with E-state index < -0.39 is 0 Å². The minimum absolute atomic E-state index is 0.348. The SMILES string of the molecule is CC1CC(Cl)C(Cc2ccc(-c3ccccn3)cc2)C1. The van der Waals surface area contributed by atoms with Crippen molar-refractivity contribution in [2.45, 2.75) is 31.6 Å². The van der Waals surface area contributed by atoms with Crippen LogP contribution in [0.5, 0.6) is 0 Å². The molecule has 1 fully saturated rings. The molecule has 104 valence electrons. The molecular formula is C18H20ClN. The quantitative estimate of drug-likeness (QED) is 0.728. The van der Waals surface area contributed by atoms with E-state index >= 15 is 0 Å². The summed E-state index contributed by atoms with van der Waals surface area (Å²) in [4.78, 5) is 4.38. The second kappa shape index (κ2) is 5.97. The number of nitrogens with zero attached hydrogens (tertiary/aromatic N) is 1. The minimum atomic E-state index is 0.348. The Balaban J connectivity index is 1.71. The Morgan fingerprint density at radius 2 is 1.90 bits per heavy atom. The number of aromatic nitrogens is 1. The number of rotatable bonds is 3. The highest BCUT2D eigenvalue weighted by molar-refractivity contribution is 6.21. The molecule has 2 heteroatoms. The van der Waals surface area contributed by atoms with Crippen LogP contribution in [0.15, 0.2) is 48.7 Å². The number of halogens is 1. The van der Waals surface area contributed by atoms with E-state index in [2.05, 4.69) is 36.2 Å². The van der Waals surface area contributed by atoms with Gasteiger partial charge in [0.15, 0.2) is 0 Å². The molecule has 1 aliphatic rings. The van der Waals surface area contributed by atoms with Gasteiger partial charge in [0.25, 0.3) is 0 Å². The fraction of sp³-hybridized carbons (Fsp3) is 0.389. The highest BCUT2D eigenvalue weighted by atomic mass is 35.5. The molecule has 1 aliphatic carbocycles. The van der Waals surface area contributed by atoms with Gasteiger partial charge in [-0.1, -0.05) is 37.3 Å². The van der Waals surface area contributed by atoms with E-state index in [-0.39, 0.29) is 0 Å². The third kappa shape index (κ3) is 3.04. The van der Waals surface area contributed by atoms with Crippen molar-refractivity contribution in [3.63, 3.8) is 0 Å². The average molecular weight is 286 g/mol. The van der Waals surface area contributed by atoms with Crippen LogP contribution in [0.25, 0.3) is 11.3 Å². The highest BCUT2D eigenvalue weighted by Crippen LogP contribution is 2.36. The van der Waals surface area contributed by atoms with E-state index in [0.717, 1.165) is 24.5 Å². The van der Waals surface area contributed by atoms with Gasteiger partial charge in [-0.25, -0.2) is 0 Å². The molecule has 0 amide bonds. The van der Waals surface area contributed by atoms with E-state index in [1.807, 2.05) is 24.4 Å². The molecule has 3 atom stereocenters. The van der Waals surface area contributed by atoms with Gasteiger partial charge in [0.1, 0.15) is 0 Å². The zero-order valence-corrected chi connectivity index (χ0v) is 12.6. The fourth-order valence-corrected chi connectivity index (χ4v) is 3.69. The molecule has 2 aromatic rings. The lowest BCUT2D eigenvalue weighted by Gasteiger charge is -2.13. The standard InChI is InChI=1S/C18H20ClN/c1-13-10-16(17(19)11-13)12-14-5-7-15(8-6-14)18-4-2-3-9-20-18/h2-9,13,16-17H,10-12H2,1H3. The predicted octanol–water partition coefficient (Wildman–Crippen LogP) is 4.94. The van der Waals surface area contributed by atoms with Crippen molar-refractivity contribution in [3.8, 4) is 11.3 Å². The molecule has 1 nitrogen and oxygen atoms in total. The summed E-state index contributed by atoms with van der Waals surface area (Å²) in [5.74, 6) is 1.41. The normalized spacial score (nSPS) is 25.8. The zero-order chi connectivity index (χ0) is 13.9. The molecular weight excluding hydrogens is 266 g/mol. The van der Waals surface area contributed by atoms with Gasteiger partial charge in [-0.15, -0.1) is 11.6 Å². The Morgan fingerprint density at radius 1 is 1.10 bits per heavy atom. The first-order chi connectivity index (χ1) is 9.72. The average Bonchev–Trinajstić information content (AvgIpc) is 2.79. The summed E-state index contributed by atoms with van der Waals surface area (Å²) in [6.07, 6.45) is 5.36. The van der Waals surface area contributed by atoms with Crippen LogP contribution < -0.4 is 0 Å². The van der Waals surface area contributed by atoms with Crippen molar-refractivity contribution < 1.29 is 0 Å². The number of hydrogen-bond donors (Lipinski definition) is 0. The maximum absolute atomic E-state index is 6.44. The van der Waals surface area contributed by atoms with Gasteiger partial charge >= 0.3 is 0 Å². The van der Waals surface area contributed by atoms with Gasteiger partial charge in [-0.2, -0.15) is 0 Å². The van der Waals surface area contributed by atoms with E-state index in [9.17, 15) is 0 Å². The molecule has 1 aromatic heterocycles. The summed E-state index contributed by atoms with van der Waals surface area (Å²) < 4.78 is 0. The monoisotopic (exact) mass is 285 g/mol. The number of hydrogen-bond acceptors (Lipinski definition) is 1. The molecule has 20 heavy (non-hydrogen) atoms. The van der Waals surface area contributed by atoms with E-state index in [1.165, 1.54) is 17.5 Å². The third-order valence-corrected chi connectivity index (χ3v) is 4.79. The van der Waals surface area contributed by atoms with Crippen LogP contribution in [0.2, 0.25) is 0 Å². The largest absolute Gasteiger partial charge is 0.256 e. The molecule has 1 aromatic carbocycles. The van der Waals surface area contributed by atoms with Gasteiger partial charge in [0.2, 0.25) is 0 Å². The Bertz CT molecular complexity index is 549. The molecule has 0 aliphatic heterocycles. The van der Waals surface area contributed by atoms with Crippen LogP contribution in [0.4, 0.5) is 0 Å². The molecule has 0 N–H and O–H groups in total. The van der Waals surface area contributed by atoms with Gasteiger partial charge < -0.3 is 0 Å². The maximum atomic E-state index is 6.44. The summed E-state index contributed by atoms with van der Waals surface area (Å²) in [6, 6.07) is 14.8. The van der Waals surface area contributed by atoms with Crippen molar-refractivity contribution >= 4 is 11.6 Å². The van der Waals surface area contributed by atoms with Gasteiger partial charge in [0, 0.05) is 17.1 Å². The van der Waals surface area contributed by atoms with Crippen molar-refractivity contribution in [1.82, 2.24) is 4.98 Å². The van der Waals surface area contributed by atoms with Crippen molar-refractivity contribution in [2.75, 3.05) is 0 Å². The van der Waals surface area contributed by atoms with Gasteiger partial charge in [-0.3, -0.25) is 4.98 Å². The van der Waals surface area contributed by atoms with Gasteiger partial charge in [-0.05, 0) is 48.8 Å². The van der Waals surface area contributed by atoms with Gasteiger partial charge in [0.05, 0.1) is 5.69 Å². The lowest BCUT2D eigenvalue weighted by molar-refractivity contribution is 0.516. The summed E-state index contributed by atoms with van der Waals surface area (Å²) >= 11 is 6.44. The van der Waals surface area contributed by atoms with Crippen LogP contribution >= 0.6 is 11.6 Å². The lowest BCUT2D eigenvalue weighted by Crippen LogP contribution is -2.10. The van der Waals surface area contributed by atoms with Crippen LogP contribution in [-0.2, 0) is 6.42 Å². The minimum Gasteiger partial charge on any atom is -0.256 e. The Kier molecular flexibility index (Phi) is 4.07. The summed E-state index contributed by atoms with van der Waals surface area (Å²) in [5.41, 5.74) is 3.59. The second-order valence-corrected chi connectivity index (χ2v) is 6.53. The molecule has 1 saturated carbocycles. The number of alkyl halides is 1. The van der Waals surface area contributed by atoms with E-state index in [4.69, 9.17) is 11.6 Å². The first-order valence-electron chi connectivity index (χ1n) is 7.37. The van der Waals surface area contributed by atoms with Crippen molar-refractivity contribution in [1.29, 1.82) is 0 Å². The molecule has 3 rings (SSSR count). The maximum Gasteiger partial charge on any atom is 0.0701 e. The van der Waals surface area contributed by atoms with Crippen LogP contribution in [0.1, 0.15) is 25.3 Å². The molecule has 0 saturated heterocycles. The first-order valence-corrected chi connectivity index (χ1v) is 7.80. The summed E-state index contributed by atoms with van der Waals surface area (Å²) in [6.45, 7) is 2.31. The van der Waals surface area contributed by atoms with Crippen LogP contribution in [0.3, 0.4) is 0 Å². The molecule has 0 radical (unpaired) electrons. The molecule has 1 heterocycles. The topological polar surface area (TPSA) is 12.9 Å². The second-order valence-electron chi connectivity index (χ2n) is 5.97. The van der Waals surface area contributed by atoms with Crippen LogP contribution in [0, 0.1) is 11.8 Å². The summed E-state index contributed by atoms with van der Waals surface area (Å²) in [5, 5.41) is 0.348. The van der Waals surface area contributed by atoms with E-state index in [0.29, 0.717) is 11.3 Å². The third-order valence-electron chi connectivity index (χ3n) is 4.26. The Hall–Kier alpha value is -1.34. The molecule has 0 spiro atoms. The Labute approximate surface area is 126 Å². The van der Waals surface area contributed by atoms with E-state index in [1.54, 1.807) is 0 Å². The van der Waals surface area contributed by atoms with Crippen molar-refractivity contribution in [2.24, 2.45) is 11.8 Å². The van der Waals surface area contributed by atoms with Crippen LogP contribution in [-0.4, -0.2) is 10.4 Å². The molecule has 0 bridgehead atoms. The fourth-order valence-electron chi connectivity index (χ4n) is 3.20. The number of pyridine rings is 1. The summed E-state index contributed by atoms with van der Waals surface area (Å²) in [7, 11) is 0. The smallest absolute Gasteiger partial charge is 0.0701 e. The highest BCUT2D eigenvalue weighted by Gasteiger charge is 2.30. The zero-order valence-electron chi connectivity index (χ0n) is 11.8.